The number of nitrogens with zero attached hydrogens (tertiary/aromatic N) is 2. The molecule has 4 heteroatoms. The summed E-state index contributed by atoms with van der Waals surface area (Å²) >= 11 is 0. The lowest BCUT2D eigenvalue weighted by Gasteiger charge is -2.39. The zero-order valence-corrected chi connectivity index (χ0v) is 11.5. The molecule has 0 amide bonds. The zero-order valence-electron chi connectivity index (χ0n) is 11.5. The van der Waals surface area contributed by atoms with E-state index in [9.17, 15) is 4.39 Å². The van der Waals surface area contributed by atoms with Crippen molar-refractivity contribution >= 4 is 5.69 Å². The molecule has 2 aliphatic rings. The smallest absolute Gasteiger partial charge is 0.146 e. The summed E-state index contributed by atoms with van der Waals surface area (Å²) in [5.41, 5.74) is 1.87. The van der Waals surface area contributed by atoms with Crippen LogP contribution in [0.1, 0.15) is 18.4 Å². The molecular weight excluding hydrogens is 241 g/mol. The van der Waals surface area contributed by atoms with Crippen LogP contribution < -0.4 is 10.2 Å². The van der Waals surface area contributed by atoms with E-state index in [0.29, 0.717) is 6.04 Å². The molecule has 19 heavy (non-hydrogen) atoms. The molecule has 104 valence electrons. The molecule has 1 aromatic rings. The van der Waals surface area contributed by atoms with Crippen molar-refractivity contribution in [3.63, 3.8) is 0 Å². The van der Waals surface area contributed by atoms with Crippen molar-refractivity contribution < 1.29 is 4.39 Å². The molecule has 0 bridgehead atoms. The zero-order chi connectivity index (χ0) is 13.2. The number of rotatable bonds is 3. The average Bonchev–Trinajstić information content (AvgIpc) is 2.86. The Morgan fingerprint density at radius 3 is 3.05 bits per heavy atom. The molecule has 0 aromatic heterocycles. The van der Waals surface area contributed by atoms with Gasteiger partial charge in [-0.3, -0.25) is 4.90 Å². The van der Waals surface area contributed by atoms with Gasteiger partial charge in [0.15, 0.2) is 0 Å². The minimum Gasteiger partial charge on any atom is -0.366 e. The number of hydrogen-bond acceptors (Lipinski definition) is 3. The van der Waals surface area contributed by atoms with Crippen LogP contribution in [0.4, 0.5) is 10.1 Å². The van der Waals surface area contributed by atoms with Gasteiger partial charge in [0.1, 0.15) is 5.82 Å². The molecule has 0 saturated carbocycles. The van der Waals surface area contributed by atoms with Crippen LogP contribution in [0.15, 0.2) is 18.2 Å². The van der Waals surface area contributed by atoms with E-state index in [0.717, 1.165) is 37.4 Å². The third-order valence-electron chi connectivity index (χ3n) is 4.34. The summed E-state index contributed by atoms with van der Waals surface area (Å²) in [5.74, 6) is -0.0841. The lowest BCUT2D eigenvalue weighted by Crippen LogP contribution is -2.50. The van der Waals surface area contributed by atoms with Crippen LogP contribution in [0.5, 0.6) is 0 Å². The van der Waals surface area contributed by atoms with Crippen molar-refractivity contribution in [3.8, 4) is 0 Å². The monoisotopic (exact) mass is 263 g/mol. The second kappa shape index (κ2) is 5.47. The van der Waals surface area contributed by atoms with Gasteiger partial charge in [0, 0.05) is 32.2 Å². The molecule has 1 aromatic carbocycles. The Bertz CT molecular complexity index is 449. The number of anilines is 1. The van der Waals surface area contributed by atoms with Crippen LogP contribution in [0.3, 0.4) is 0 Å². The number of hydrogen-bond donors (Lipinski definition) is 1. The van der Waals surface area contributed by atoms with Crippen molar-refractivity contribution in [3.05, 3.63) is 29.6 Å². The van der Waals surface area contributed by atoms with Crippen LogP contribution in [0, 0.1) is 5.82 Å². The van der Waals surface area contributed by atoms with Gasteiger partial charge in [-0.05, 0) is 38.1 Å². The van der Waals surface area contributed by atoms with Crippen molar-refractivity contribution in [2.45, 2.75) is 25.4 Å². The van der Waals surface area contributed by atoms with Gasteiger partial charge in [-0.1, -0.05) is 12.1 Å². The molecule has 2 fully saturated rings. The first-order valence-electron chi connectivity index (χ1n) is 7.20. The number of benzene rings is 1. The van der Waals surface area contributed by atoms with Gasteiger partial charge < -0.3 is 10.2 Å². The predicted octanol–water partition coefficient (Wildman–Crippen LogP) is 1.83. The van der Waals surface area contributed by atoms with Crippen molar-refractivity contribution in [2.75, 3.05) is 38.1 Å². The summed E-state index contributed by atoms with van der Waals surface area (Å²) in [5, 5.41) is 3.13. The van der Waals surface area contributed by atoms with Gasteiger partial charge in [-0.15, -0.1) is 0 Å². The summed E-state index contributed by atoms with van der Waals surface area (Å²) in [6.07, 6.45) is 2.55. The quantitative estimate of drug-likeness (QED) is 0.897. The Morgan fingerprint density at radius 1 is 1.32 bits per heavy atom. The SMILES string of the molecule is CNCc1cccc(F)c1N1CCN2CCCC2C1. The fourth-order valence-corrected chi connectivity index (χ4v) is 3.44. The number of fused-ring (bicyclic) bond motifs is 1. The number of para-hydroxylation sites is 1. The maximum absolute atomic E-state index is 14.2. The highest BCUT2D eigenvalue weighted by molar-refractivity contribution is 5.55. The lowest BCUT2D eigenvalue weighted by atomic mass is 10.1. The fraction of sp³-hybridized carbons (Fsp3) is 0.600. The van der Waals surface area contributed by atoms with E-state index in [2.05, 4.69) is 15.1 Å². The minimum atomic E-state index is -0.0841. The highest BCUT2D eigenvalue weighted by Crippen LogP contribution is 2.29. The van der Waals surface area contributed by atoms with Gasteiger partial charge in [0.25, 0.3) is 0 Å². The maximum Gasteiger partial charge on any atom is 0.146 e. The molecule has 2 saturated heterocycles. The van der Waals surface area contributed by atoms with E-state index >= 15 is 0 Å². The first-order chi connectivity index (χ1) is 9.29. The predicted molar refractivity (Wildman–Crippen MR) is 76.0 cm³/mol. The topological polar surface area (TPSA) is 18.5 Å². The van der Waals surface area contributed by atoms with Crippen LogP contribution in [0.2, 0.25) is 0 Å². The van der Waals surface area contributed by atoms with E-state index < -0.39 is 0 Å². The Balaban J connectivity index is 1.85. The summed E-state index contributed by atoms with van der Waals surface area (Å²) in [6, 6.07) is 6.03. The fourth-order valence-electron chi connectivity index (χ4n) is 3.44. The second-order valence-electron chi connectivity index (χ2n) is 5.56. The highest BCUT2D eigenvalue weighted by Gasteiger charge is 2.32. The van der Waals surface area contributed by atoms with Crippen LogP contribution >= 0.6 is 0 Å². The Kier molecular flexibility index (Phi) is 3.71. The van der Waals surface area contributed by atoms with E-state index in [1.807, 2.05) is 13.1 Å². The summed E-state index contributed by atoms with van der Waals surface area (Å²) in [4.78, 5) is 4.80. The molecule has 1 atom stereocenters. The molecule has 2 heterocycles. The van der Waals surface area contributed by atoms with Crippen molar-refractivity contribution in [2.24, 2.45) is 0 Å². The highest BCUT2D eigenvalue weighted by atomic mass is 19.1. The molecule has 0 spiro atoms. The van der Waals surface area contributed by atoms with Gasteiger partial charge >= 0.3 is 0 Å². The first kappa shape index (κ1) is 12.9. The van der Waals surface area contributed by atoms with Crippen LogP contribution in [0.25, 0.3) is 0 Å². The molecule has 1 N–H and O–H groups in total. The third-order valence-corrected chi connectivity index (χ3v) is 4.34. The normalized spacial score (nSPS) is 23.7. The number of halogens is 1. The van der Waals surface area contributed by atoms with E-state index in [-0.39, 0.29) is 5.82 Å². The summed E-state index contributed by atoms with van der Waals surface area (Å²) in [6.45, 7) is 4.92. The Labute approximate surface area is 114 Å². The molecule has 3 nitrogen and oxygen atoms in total. The Hall–Kier alpha value is -1.13. The first-order valence-corrected chi connectivity index (χ1v) is 7.20. The number of nitrogens with one attached hydrogen (secondary N) is 1. The van der Waals surface area contributed by atoms with Gasteiger partial charge in [-0.25, -0.2) is 4.39 Å². The molecule has 0 radical (unpaired) electrons. The maximum atomic E-state index is 14.2. The van der Waals surface area contributed by atoms with Crippen molar-refractivity contribution in [1.29, 1.82) is 0 Å². The minimum absolute atomic E-state index is 0.0841. The van der Waals surface area contributed by atoms with Crippen molar-refractivity contribution in [1.82, 2.24) is 10.2 Å². The summed E-state index contributed by atoms with van der Waals surface area (Å²) < 4.78 is 14.2. The van der Waals surface area contributed by atoms with Gasteiger partial charge in [-0.2, -0.15) is 0 Å². The molecule has 0 aliphatic carbocycles. The van der Waals surface area contributed by atoms with Gasteiger partial charge in [0.05, 0.1) is 5.69 Å². The van der Waals surface area contributed by atoms with E-state index in [4.69, 9.17) is 0 Å². The molecular formula is C15H22FN3. The number of piperazine rings is 1. The van der Waals surface area contributed by atoms with E-state index in [1.54, 1.807) is 12.1 Å². The summed E-state index contributed by atoms with van der Waals surface area (Å²) in [7, 11) is 1.91. The standard InChI is InChI=1S/C15H22FN3/c1-17-10-12-4-2-6-14(16)15(12)19-9-8-18-7-3-5-13(18)11-19/h2,4,6,13,17H,3,5,7-11H2,1H3. The van der Waals surface area contributed by atoms with Crippen LogP contribution in [-0.2, 0) is 6.54 Å². The Morgan fingerprint density at radius 2 is 2.21 bits per heavy atom. The lowest BCUT2D eigenvalue weighted by molar-refractivity contribution is 0.230. The largest absolute Gasteiger partial charge is 0.366 e. The van der Waals surface area contributed by atoms with E-state index in [1.165, 1.54) is 19.4 Å². The molecule has 1 unspecified atom stereocenters. The second-order valence-corrected chi connectivity index (χ2v) is 5.56. The average molecular weight is 263 g/mol. The molecule has 2 aliphatic heterocycles. The van der Waals surface area contributed by atoms with Crippen LogP contribution in [-0.4, -0.2) is 44.2 Å². The third kappa shape index (κ3) is 2.47. The van der Waals surface area contributed by atoms with Gasteiger partial charge in [0.2, 0.25) is 0 Å². The molecule has 3 rings (SSSR count).